The third-order valence-corrected chi connectivity index (χ3v) is 7.05. The molecule has 2 aromatic rings. The maximum atomic E-state index is 11.9. The van der Waals surface area contributed by atoms with Gasteiger partial charge in [0.1, 0.15) is 0 Å². The van der Waals surface area contributed by atoms with Crippen molar-refractivity contribution >= 4 is 20.8 Å². The topological polar surface area (TPSA) is 107 Å². The highest BCUT2D eigenvalue weighted by Crippen LogP contribution is 2.33. The van der Waals surface area contributed by atoms with E-state index < -0.39 is 20.8 Å². The Balaban J connectivity index is 1.97. The number of aryl methyl sites for hydroxylation is 1. The fourth-order valence-electron chi connectivity index (χ4n) is 3.69. The van der Waals surface area contributed by atoms with Crippen LogP contribution in [0.2, 0.25) is 0 Å². The molecule has 0 heterocycles. The first-order valence-corrected chi connectivity index (χ1v) is 14.2. The smallest absolute Gasteiger partial charge is 0.360 e. The van der Waals surface area contributed by atoms with E-state index in [0.29, 0.717) is 11.1 Å². The molecule has 0 saturated carbocycles. The van der Waals surface area contributed by atoms with Crippen LogP contribution in [0.1, 0.15) is 76.7 Å². The maximum Gasteiger partial charge on any atom is 0.465 e. The molecule has 0 aliphatic carbocycles. The van der Waals surface area contributed by atoms with E-state index in [1.165, 1.54) is 57.4 Å². The fourth-order valence-corrected chi connectivity index (χ4v) is 5.01. The molecule has 0 atom stereocenters. The van der Waals surface area contributed by atoms with Crippen LogP contribution in [-0.4, -0.2) is 21.4 Å². The highest BCUT2D eigenvalue weighted by Gasteiger charge is 2.24. The lowest BCUT2D eigenvalue weighted by molar-refractivity contribution is 0.348. The van der Waals surface area contributed by atoms with Gasteiger partial charge in [0.2, 0.25) is 0 Å². The maximum absolute atomic E-state index is 11.9. The van der Waals surface area contributed by atoms with Gasteiger partial charge in [0.15, 0.2) is 5.75 Å². The normalized spacial score (nSPS) is 12.1. The molecule has 0 amide bonds. The van der Waals surface area contributed by atoms with Crippen LogP contribution in [0.25, 0.3) is 11.1 Å². The van der Waals surface area contributed by atoms with Crippen molar-refractivity contribution in [1.82, 2.24) is 0 Å². The molecule has 0 aliphatic rings. The van der Waals surface area contributed by atoms with E-state index in [1.54, 1.807) is 30.3 Å². The molecular weight excluding hydrogens is 464 g/mol. The molecule has 33 heavy (non-hydrogen) atoms. The van der Waals surface area contributed by atoms with Gasteiger partial charge >= 0.3 is 20.8 Å². The number of benzene rings is 2. The van der Waals surface area contributed by atoms with Crippen molar-refractivity contribution in [2.75, 3.05) is 0 Å². The van der Waals surface area contributed by atoms with E-state index >= 15 is 0 Å². The molecule has 2 rings (SSSR count). The van der Waals surface area contributed by atoms with Crippen LogP contribution < -0.4 is 4.18 Å². The van der Waals surface area contributed by atoms with Crippen LogP contribution in [0.4, 0.5) is 0 Å². The van der Waals surface area contributed by atoms with Gasteiger partial charge in [-0.2, -0.15) is 16.8 Å². The van der Waals surface area contributed by atoms with Crippen LogP contribution >= 0.6 is 0 Å². The second-order valence-electron chi connectivity index (χ2n) is 8.12. The summed E-state index contributed by atoms with van der Waals surface area (Å²) in [6.07, 6.45) is 13.3. The Hall–Kier alpha value is -1.94. The zero-order valence-corrected chi connectivity index (χ0v) is 20.7. The standard InChI is InChI=1S/C24H34O7S2/c1-2-3-4-5-6-7-8-9-10-12-15-21-18-19-24(30-33(28,29)31-32(25,26)27)23(20-21)22-16-13-11-14-17-22/h11,13-14,16-20H,2-10,12,15H2,1H3,(H,25,26,27). The molecule has 7 nitrogen and oxygen atoms in total. The van der Waals surface area contributed by atoms with Crippen molar-refractivity contribution in [3.05, 3.63) is 54.1 Å². The minimum Gasteiger partial charge on any atom is -0.360 e. The quantitative estimate of drug-likeness (QED) is 0.215. The zero-order chi connectivity index (χ0) is 24.2. The summed E-state index contributed by atoms with van der Waals surface area (Å²) >= 11 is 0. The highest BCUT2D eigenvalue weighted by atomic mass is 32.3. The molecule has 0 spiro atoms. The molecule has 0 saturated heterocycles. The second kappa shape index (κ2) is 13.7. The predicted octanol–water partition coefficient (Wildman–Crippen LogP) is 6.26. The largest absolute Gasteiger partial charge is 0.465 e. The summed E-state index contributed by atoms with van der Waals surface area (Å²) < 4.78 is 62.5. The third-order valence-electron chi connectivity index (χ3n) is 5.31. The Morgan fingerprint density at radius 3 is 1.91 bits per heavy atom. The van der Waals surface area contributed by atoms with Crippen molar-refractivity contribution < 1.29 is 29.2 Å². The van der Waals surface area contributed by atoms with Gasteiger partial charge in [-0.25, -0.2) is 0 Å². The van der Waals surface area contributed by atoms with Gasteiger partial charge in [0, 0.05) is 5.56 Å². The van der Waals surface area contributed by atoms with Gasteiger partial charge < -0.3 is 4.18 Å². The SMILES string of the molecule is CCCCCCCCCCCCc1ccc(OS(=O)(=O)OS(=O)(=O)O)c(-c2ccccc2)c1. The van der Waals surface area contributed by atoms with E-state index in [0.717, 1.165) is 24.8 Å². The molecule has 184 valence electrons. The molecule has 0 radical (unpaired) electrons. The lowest BCUT2D eigenvalue weighted by atomic mass is 9.98. The third kappa shape index (κ3) is 11.2. The summed E-state index contributed by atoms with van der Waals surface area (Å²) in [6, 6.07) is 14.1. The van der Waals surface area contributed by atoms with Gasteiger partial charge in [0.25, 0.3) is 0 Å². The van der Waals surface area contributed by atoms with Crippen molar-refractivity contribution in [2.24, 2.45) is 0 Å². The monoisotopic (exact) mass is 498 g/mol. The summed E-state index contributed by atoms with van der Waals surface area (Å²) in [5.41, 5.74) is 2.22. The van der Waals surface area contributed by atoms with Crippen LogP contribution in [0, 0.1) is 0 Å². The van der Waals surface area contributed by atoms with E-state index in [9.17, 15) is 16.8 Å². The molecule has 1 N–H and O–H groups in total. The Kier molecular flexibility index (Phi) is 11.3. The van der Waals surface area contributed by atoms with Crippen molar-refractivity contribution in [2.45, 2.75) is 77.6 Å². The van der Waals surface area contributed by atoms with Gasteiger partial charge in [-0.3, -0.25) is 4.55 Å². The summed E-state index contributed by atoms with van der Waals surface area (Å²) in [5, 5.41) is 0. The number of unbranched alkanes of at least 4 members (excludes halogenated alkanes) is 9. The molecule has 2 aromatic carbocycles. The lowest BCUT2D eigenvalue weighted by Crippen LogP contribution is -2.18. The van der Waals surface area contributed by atoms with Crippen LogP contribution in [0.3, 0.4) is 0 Å². The van der Waals surface area contributed by atoms with Crippen molar-refractivity contribution in [3.63, 3.8) is 0 Å². The molecule has 9 heteroatoms. The summed E-state index contributed by atoms with van der Waals surface area (Å²) in [6.45, 7) is 2.23. The van der Waals surface area contributed by atoms with Crippen molar-refractivity contribution in [3.8, 4) is 16.9 Å². The van der Waals surface area contributed by atoms with Gasteiger partial charge in [0.05, 0.1) is 0 Å². The molecule has 0 aliphatic heterocycles. The average molecular weight is 499 g/mol. The van der Waals surface area contributed by atoms with Crippen LogP contribution in [0.5, 0.6) is 5.75 Å². The number of hydrogen-bond acceptors (Lipinski definition) is 6. The Labute approximate surface area is 198 Å². The van der Waals surface area contributed by atoms with Crippen molar-refractivity contribution in [1.29, 1.82) is 0 Å². The van der Waals surface area contributed by atoms with E-state index in [2.05, 4.69) is 10.6 Å². The van der Waals surface area contributed by atoms with E-state index in [4.69, 9.17) is 8.74 Å². The summed E-state index contributed by atoms with van der Waals surface area (Å²) in [7, 11) is -10.2. The van der Waals surface area contributed by atoms with Gasteiger partial charge in [-0.05, 0) is 36.1 Å². The highest BCUT2D eigenvalue weighted by molar-refractivity contribution is 7.95. The minimum absolute atomic E-state index is 0.0864. The van der Waals surface area contributed by atoms with Crippen LogP contribution in [-0.2, 0) is 30.8 Å². The Bertz CT molecular complexity index is 1050. The zero-order valence-electron chi connectivity index (χ0n) is 19.1. The van der Waals surface area contributed by atoms with E-state index in [1.807, 2.05) is 12.1 Å². The minimum atomic E-state index is -5.23. The first kappa shape index (κ1) is 27.3. The molecule has 0 aromatic heterocycles. The average Bonchev–Trinajstić information content (AvgIpc) is 2.74. The molecular formula is C24H34O7S2. The first-order chi connectivity index (χ1) is 15.7. The Morgan fingerprint density at radius 2 is 1.33 bits per heavy atom. The predicted molar refractivity (Wildman–Crippen MR) is 130 cm³/mol. The fraction of sp³-hybridized carbons (Fsp3) is 0.500. The van der Waals surface area contributed by atoms with Crippen LogP contribution in [0.15, 0.2) is 48.5 Å². The second-order valence-corrected chi connectivity index (χ2v) is 10.5. The molecule has 0 fully saturated rings. The molecule has 0 unspecified atom stereocenters. The summed E-state index contributed by atoms with van der Waals surface area (Å²) in [4.78, 5) is 0. The van der Waals surface area contributed by atoms with Gasteiger partial charge in [-0.15, -0.1) is 0 Å². The lowest BCUT2D eigenvalue weighted by Gasteiger charge is -2.12. The number of hydrogen-bond donors (Lipinski definition) is 1. The number of rotatable bonds is 16. The van der Waals surface area contributed by atoms with Gasteiger partial charge in [-0.1, -0.05) is 105 Å². The molecule has 0 bridgehead atoms. The Morgan fingerprint density at radius 1 is 0.758 bits per heavy atom. The van der Waals surface area contributed by atoms with E-state index in [-0.39, 0.29) is 5.75 Å². The first-order valence-electron chi connectivity index (χ1n) is 11.5. The summed E-state index contributed by atoms with van der Waals surface area (Å²) in [5.74, 6) is -0.0864.